The molecular weight excluding hydrogens is 651 g/mol. The van der Waals surface area contributed by atoms with Crippen molar-refractivity contribution in [2.45, 2.75) is 31.6 Å². The Kier molecular flexibility index (Phi) is 6.50. The molecule has 3 aliphatic rings. The van der Waals surface area contributed by atoms with Gasteiger partial charge >= 0.3 is 0 Å². The lowest BCUT2D eigenvalue weighted by molar-refractivity contribution is 0.660. The second-order valence-electron chi connectivity index (χ2n) is 15.7. The van der Waals surface area contributed by atoms with Crippen LogP contribution in [-0.2, 0) is 10.8 Å². The van der Waals surface area contributed by atoms with Crippen molar-refractivity contribution in [3.63, 3.8) is 0 Å². The number of fused-ring (bicyclic) bond motifs is 13. The fourth-order valence-electron chi connectivity index (χ4n) is 10.1. The summed E-state index contributed by atoms with van der Waals surface area (Å²) < 4.78 is 0. The highest BCUT2D eigenvalue weighted by molar-refractivity contribution is 5.97. The van der Waals surface area contributed by atoms with Crippen LogP contribution in [0.3, 0.4) is 0 Å². The molecule has 0 atom stereocenters. The highest BCUT2D eigenvalue weighted by Gasteiger charge is 2.51. The zero-order valence-electron chi connectivity index (χ0n) is 30.8. The number of nitrogens with zero attached hydrogens (tertiary/aromatic N) is 1. The minimum absolute atomic E-state index is 0.120. The third-order valence-electron chi connectivity index (χ3n) is 12.6. The van der Waals surface area contributed by atoms with Crippen LogP contribution in [0.25, 0.3) is 44.5 Å². The normalized spacial score (nSPS) is 14.5. The molecule has 8 aromatic rings. The van der Waals surface area contributed by atoms with Crippen LogP contribution in [-0.4, -0.2) is 0 Å². The highest BCUT2D eigenvalue weighted by atomic mass is 15.1. The van der Waals surface area contributed by atoms with Crippen molar-refractivity contribution in [3.8, 4) is 44.5 Å². The van der Waals surface area contributed by atoms with Crippen molar-refractivity contribution in [1.82, 2.24) is 0 Å². The van der Waals surface area contributed by atoms with Crippen LogP contribution in [0, 0.1) is 6.92 Å². The summed E-state index contributed by atoms with van der Waals surface area (Å²) in [6.07, 6.45) is 0. The van der Waals surface area contributed by atoms with Gasteiger partial charge in [0.1, 0.15) is 0 Å². The summed E-state index contributed by atoms with van der Waals surface area (Å²) >= 11 is 0. The molecule has 0 bridgehead atoms. The summed E-state index contributed by atoms with van der Waals surface area (Å²) in [5.41, 5.74) is 22.7. The molecular formula is C53H39N. The fraction of sp³-hybridized carbons (Fsp3) is 0.0943. The Morgan fingerprint density at radius 1 is 0.352 bits per heavy atom. The molecule has 0 amide bonds. The predicted octanol–water partition coefficient (Wildman–Crippen LogP) is 13.8. The average molecular weight is 690 g/mol. The number of hydrogen-bond donors (Lipinski definition) is 0. The number of rotatable bonds is 4. The van der Waals surface area contributed by atoms with Crippen LogP contribution in [0.5, 0.6) is 0 Å². The van der Waals surface area contributed by atoms with Gasteiger partial charge in [-0.05, 0) is 110 Å². The van der Waals surface area contributed by atoms with Gasteiger partial charge in [0.25, 0.3) is 0 Å². The molecule has 0 saturated carbocycles. The number of aryl methyl sites for hydroxylation is 1. The summed E-state index contributed by atoms with van der Waals surface area (Å²) in [5, 5.41) is 0. The third kappa shape index (κ3) is 4.10. The number of benzene rings is 8. The molecule has 0 radical (unpaired) electrons. The van der Waals surface area contributed by atoms with Crippen molar-refractivity contribution in [3.05, 3.63) is 221 Å². The Labute approximate surface area is 317 Å². The maximum absolute atomic E-state index is 2.51. The van der Waals surface area contributed by atoms with Gasteiger partial charge in [-0.15, -0.1) is 0 Å². The van der Waals surface area contributed by atoms with Crippen molar-refractivity contribution in [2.24, 2.45) is 0 Å². The van der Waals surface area contributed by atoms with E-state index in [0.717, 1.165) is 17.1 Å². The van der Waals surface area contributed by atoms with E-state index >= 15 is 0 Å². The molecule has 1 spiro atoms. The van der Waals surface area contributed by atoms with Crippen LogP contribution in [0.1, 0.15) is 52.8 Å². The second kappa shape index (κ2) is 11.3. The molecule has 0 aliphatic heterocycles. The largest absolute Gasteiger partial charge is 0.310 e. The van der Waals surface area contributed by atoms with Crippen molar-refractivity contribution >= 4 is 17.1 Å². The zero-order chi connectivity index (χ0) is 36.2. The van der Waals surface area contributed by atoms with E-state index in [1.165, 1.54) is 83.5 Å². The molecule has 54 heavy (non-hydrogen) atoms. The lowest BCUT2D eigenvalue weighted by Crippen LogP contribution is -2.26. The van der Waals surface area contributed by atoms with Gasteiger partial charge in [-0.3, -0.25) is 0 Å². The average Bonchev–Trinajstić information content (AvgIpc) is 3.77. The van der Waals surface area contributed by atoms with Gasteiger partial charge in [0, 0.05) is 22.4 Å². The van der Waals surface area contributed by atoms with Gasteiger partial charge in [0.05, 0.1) is 11.1 Å². The molecule has 0 fully saturated rings. The monoisotopic (exact) mass is 689 g/mol. The van der Waals surface area contributed by atoms with E-state index in [1.54, 1.807) is 0 Å². The lowest BCUT2D eigenvalue weighted by atomic mass is 9.70. The van der Waals surface area contributed by atoms with E-state index in [4.69, 9.17) is 0 Å². The van der Waals surface area contributed by atoms with Crippen molar-refractivity contribution in [2.75, 3.05) is 4.90 Å². The highest BCUT2D eigenvalue weighted by Crippen LogP contribution is 2.63. The van der Waals surface area contributed by atoms with E-state index in [2.05, 4.69) is 208 Å². The van der Waals surface area contributed by atoms with Gasteiger partial charge in [-0.25, -0.2) is 0 Å². The number of hydrogen-bond acceptors (Lipinski definition) is 1. The molecule has 0 heterocycles. The first-order valence-electron chi connectivity index (χ1n) is 19.1. The number of para-hydroxylation sites is 1. The number of anilines is 3. The Bertz CT molecular complexity index is 2750. The maximum atomic E-state index is 2.51. The van der Waals surface area contributed by atoms with Crippen LogP contribution in [0.15, 0.2) is 182 Å². The van der Waals surface area contributed by atoms with E-state index < -0.39 is 5.41 Å². The zero-order valence-corrected chi connectivity index (χ0v) is 30.8. The standard InChI is InChI=1S/C53H39N/c1-34-24-26-35(27-25-34)38-14-8-13-23-51(38)54(36-28-30-43-39-15-4-9-19-45(39)52(2,3)49(43)32-36)37-29-31-44-42-18-7-12-22-48(42)53(50(44)33-37)46-20-10-5-16-40(46)41-17-6-11-21-47(41)53/h4-33H,1-3H3. The minimum atomic E-state index is -0.418. The van der Waals surface area contributed by atoms with Gasteiger partial charge in [-0.2, -0.15) is 0 Å². The molecule has 1 nitrogen and oxygen atoms in total. The summed E-state index contributed by atoms with van der Waals surface area (Å²) in [4.78, 5) is 2.51. The lowest BCUT2D eigenvalue weighted by Gasteiger charge is -2.33. The molecule has 0 saturated heterocycles. The first-order chi connectivity index (χ1) is 26.5. The van der Waals surface area contributed by atoms with Crippen LogP contribution in [0.2, 0.25) is 0 Å². The maximum Gasteiger partial charge on any atom is 0.0726 e. The van der Waals surface area contributed by atoms with Crippen molar-refractivity contribution < 1.29 is 0 Å². The van der Waals surface area contributed by atoms with Crippen LogP contribution in [0.4, 0.5) is 17.1 Å². The van der Waals surface area contributed by atoms with Gasteiger partial charge < -0.3 is 4.90 Å². The van der Waals surface area contributed by atoms with Gasteiger partial charge in [0.2, 0.25) is 0 Å². The molecule has 256 valence electrons. The summed E-state index contributed by atoms with van der Waals surface area (Å²) in [5.74, 6) is 0. The van der Waals surface area contributed by atoms with Crippen LogP contribution < -0.4 is 4.90 Å². The molecule has 0 aromatic heterocycles. The second-order valence-corrected chi connectivity index (χ2v) is 15.7. The van der Waals surface area contributed by atoms with E-state index in [9.17, 15) is 0 Å². The first kappa shape index (κ1) is 31.1. The third-order valence-corrected chi connectivity index (χ3v) is 12.6. The smallest absolute Gasteiger partial charge is 0.0726 e. The van der Waals surface area contributed by atoms with E-state index in [-0.39, 0.29) is 5.41 Å². The van der Waals surface area contributed by atoms with E-state index in [1.807, 2.05) is 0 Å². The topological polar surface area (TPSA) is 3.24 Å². The Morgan fingerprint density at radius 2 is 0.759 bits per heavy atom. The predicted molar refractivity (Wildman–Crippen MR) is 225 cm³/mol. The molecule has 11 rings (SSSR count). The summed E-state index contributed by atoms with van der Waals surface area (Å²) in [6.45, 7) is 6.90. The molecule has 0 N–H and O–H groups in total. The van der Waals surface area contributed by atoms with Crippen LogP contribution >= 0.6 is 0 Å². The molecule has 0 unspecified atom stereocenters. The van der Waals surface area contributed by atoms with Gasteiger partial charge in [0.15, 0.2) is 0 Å². The Morgan fingerprint density at radius 3 is 1.31 bits per heavy atom. The van der Waals surface area contributed by atoms with Gasteiger partial charge in [-0.1, -0.05) is 171 Å². The molecule has 1 heteroatoms. The quantitative estimate of drug-likeness (QED) is 0.178. The Balaban J connectivity index is 1.19. The summed E-state index contributed by atoms with van der Waals surface area (Å²) in [7, 11) is 0. The Hall–Kier alpha value is -6.44. The van der Waals surface area contributed by atoms with Crippen molar-refractivity contribution in [1.29, 1.82) is 0 Å². The molecule has 8 aromatic carbocycles. The SMILES string of the molecule is Cc1ccc(-c2ccccc2N(c2ccc3c(c2)C(C)(C)c2ccccc2-3)c2ccc3c(c2)C2(c4ccccc4-c4ccccc42)c2ccccc2-3)cc1. The first-order valence-corrected chi connectivity index (χ1v) is 19.1. The molecule has 3 aliphatic carbocycles. The summed E-state index contributed by atoms with van der Waals surface area (Å²) in [6, 6.07) is 68.4. The fourth-order valence-corrected chi connectivity index (χ4v) is 10.1. The van der Waals surface area contributed by atoms with E-state index in [0.29, 0.717) is 0 Å². The minimum Gasteiger partial charge on any atom is -0.310 e.